The number of aromatic nitrogens is 1. The van der Waals surface area contributed by atoms with Gasteiger partial charge in [0.05, 0.1) is 23.4 Å². The van der Waals surface area contributed by atoms with Crippen LogP contribution in [0.2, 0.25) is 0 Å². The maximum atomic E-state index is 13.0. The number of nitrogens with zero attached hydrogens (tertiary/aromatic N) is 1. The predicted molar refractivity (Wildman–Crippen MR) is 117 cm³/mol. The van der Waals surface area contributed by atoms with Crippen molar-refractivity contribution < 1.29 is 23.7 Å². The Kier molecular flexibility index (Phi) is 5.30. The van der Waals surface area contributed by atoms with E-state index in [0.717, 1.165) is 57.6 Å². The molecule has 31 heavy (non-hydrogen) atoms. The Labute approximate surface area is 180 Å². The molecule has 0 amide bonds. The second kappa shape index (κ2) is 8.40. The average Bonchev–Trinajstić information content (AvgIpc) is 3.41. The van der Waals surface area contributed by atoms with Gasteiger partial charge in [-0.1, -0.05) is 24.3 Å². The molecule has 1 aliphatic carbocycles. The highest BCUT2D eigenvalue weighted by molar-refractivity contribution is 6.07. The first-order valence-corrected chi connectivity index (χ1v) is 10.5. The van der Waals surface area contributed by atoms with Crippen molar-refractivity contribution in [3.63, 3.8) is 0 Å². The fraction of sp³-hybridized carbons (Fsp3) is 0.280. The third-order valence-electron chi connectivity index (χ3n) is 5.55. The quantitative estimate of drug-likeness (QED) is 0.430. The third kappa shape index (κ3) is 3.75. The van der Waals surface area contributed by atoms with Crippen molar-refractivity contribution in [1.29, 1.82) is 0 Å². The highest BCUT2D eigenvalue weighted by Crippen LogP contribution is 2.39. The van der Waals surface area contributed by atoms with E-state index in [2.05, 4.69) is 6.08 Å². The summed E-state index contributed by atoms with van der Waals surface area (Å²) in [5.41, 5.74) is 5.34. The number of allylic oxidation sites excluding steroid dienone is 1. The molecule has 2 heterocycles. The minimum absolute atomic E-state index is 0.234. The summed E-state index contributed by atoms with van der Waals surface area (Å²) in [6.45, 7) is 3.39. The van der Waals surface area contributed by atoms with Crippen molar-refractivity contribution in [2.45, 2.75) is 19.8 Å². The molecule has 1 aromatic heterocycles. The van der Waals surface area contributed by atoms with E-state index in [4.69, 9.17) is 23.9 Å². The Morgan fingerprint density at radius 3 is 2.87 bits per heavy atom. The number of rotatable bonds is 6. The number of hydrogen-bond acceptors (Lipinski definition) is 6. The predicted octanol–water partition coefficient (Wildman–Crippen LogP) is 4.64. The number of pyridine rings is 1. The lowest BCUT2D eigenvalue weighted by Gasteiger charge is -2.12. The molecule has 1 aliphatic heterocycles. The highest BCUT2D eigenvalue weighted by atomic mass is 16.7. The monoisotopic (exact) mass is 417 g/mol. The van der Waals surface area contributed by atoms with Crippen molar-refractivity contribution in [2.75, 3.05) is 26.6 Å². The van der Waals surface area contributed by atoms with Crippen molar-refractivity contribution in [2.24, 2.45) is 0 Å². The van der Waals surface area contributed by atoms with E-state index in [1.54, 1.807) is 0 Å². The summed E-state index contributed by atoms with van der Waals surface area (Å²) in [5, 5.41) is 0.826. The summed E-state index contributed by atoms with van der Waals surface area (Å²) in [6, 6.07) is 13.6. The van der Waals surface area contributed by atoms with Crippen molar-refractivity contribution >= 4 is 28.5 Å². The molecule has 2 aromatic carbocycles. The Hall–Kier alpha value is -3.38. The lowest BCUT2D eigenvalue weighted by molar-refractivity contribution is 0.0336. The van der Waals surface area contributed by atoms with Crippen LogP contribution in [-0.2, 0) is 15.9 Å². The molecule has 6 nitrogen and oxygen atoms in total. The van der Waals surface area contributed by atoms with Crippen molar-refractivity contribution in [3.05, 3.63) is 64.8 Å². The van der Waals surface area contributed by atoms with Crippen LogP contribution in [0, 0.1) is 0 Å². The van der Waals surface area contributed by atoms with E-state index in [1.807, 2.05) is 49.4 Å². The van der Waals surface area contributed by atoms with E-state index in [1.165, 1.54) is 0 Å². The number of hydrogen-bond donors (Lipinski definition) is 0. The zero-order chi connectivity index (χ0) is 21.2. The van der Waals surface area contributed by atoms with Gasteiger partial charge in [-0.15, -0.1) is 0 Å². The number of ether oxygens (including phenoxy) is 4. The van der Waals surface area contributed by atoms with Crippen molar-refractivity contribution in [3.8, 4) is 11.5 Å². The molecule has 3 aromatic rings. The van der Waals surface area contributed by atoms with Crippen LogP contribution in [0.15, 0.2) is 42.5 Å². The summed E-state index contributed by atoms with van der Waals surface area (Å²) in [7, 11) is 0. The molecular weight excluding hydrogens is 394 g/mol. The molecular formula is C25H23NO5. The van der Waals surface area contributed by atoms with Gasteiger partial charge in [-0.2, -0.15) is 0 Å². The Balaban J connectivity index is 1.53. The van der Waals surface area contributed by atoms with Crippen molar-refractivity contribution in [1.82, 2.24) is 4.98 Å². The van der Waals surface area contributed by atoms with Gasteiger partial charge in [-0.25, -0.2) is 9.78 Å². The first-order valence-electron chi connectivity index (χ1n) is 10.5. The van der Waals surface area contributed by atoms with Gasteiger partial charge in [0.2, 0.25) is 6.79 Å². The average molecular weight is 417 g/mol. The number of carbonyl (C=O) groups is 1. The van der Waals surface area contributed by atoms with E-state index >= 15 is 0 Å². The van der Waals surface area contributed by atoms with E-state index in [9.17, 15) is 4.79 Å². The Morgan fingerprint density at radius 1 is 1.10 bits per heavy atom. The number of para-hydroxylation sites is 1. The molecule has 0 atom stereocenters. The van der Waals surface area contributed by atoms with E-state index < -0.39 is 0 Å². The normalized spacial score (nSPS) is 15.5. The Bertz CT molecular complexity index is 1180. The van der Waals surface area contributed by atoms with Gasteiger partial charge in [0.15, 0.2) is 11.5 Å². The molecule has 158 valence electrons. The molecule has 0 N–H and O–H groups in total. The zero-order valence-electron chi connectivity index (χ0n) is 17.3. The molecule has 0 bridgehead atoms. The minimum Gasteiger partial charge on any atom is -0.460 e. The van der Waals surface area contributed by atoms with Gasteiger partial charge in [0.1, 0.15) is 6.61 Å². The fourth-order valence-electron chi connectivity index (χ4n) is 4.13. The smallest absolute Gasteiger partial charge is 0.339 e. The van der Waals surface area contributed by atoms with Gasteiger partial charge >= 0.3 is 5.97 Å². The number of carbonyl (C=O) groups excluding carboxylic acids is 1. The number of fused-ring (bicyclic) bond motifs is 3. The molecule has 0 spiro atoms. The van der Waals surface area contributed by atoms with E-state index in [0.29, 0.717) is 18.8 Å². The van der Waals surface area contributed by atoms with Crippen LogP contribution in [0.4, 0.5) is 0 Å². The molecule has 0 saturated carbocycles. The van der Waals surface area contributed by atoms with Crippen LogP contribution in [0.5, 0.6) is 11.5 Å². The molecule has 5 rings (SSSR count). The summed E-state index contributed by atoms with van der Waals surface area (Å²) < 4.78 is 21.7. The van der Waals surface area contributed by atoms with Gasteiger partial charge in [0, 0.05) is 12.0 Å². The molecule has 0 radical (unpaired) electrons. The highest BCUT2D eigenvalue weighted by Gasteiger charge is 2.27. The Morgan fingerprint density at radius 2 is 1.97 bits per heavy atom. The second-order valence-electron chi connectivity index (χ2n) is 7.45. The van der Waals surface area contributed by atoms with Gasteiger partial charge in [-0.05, 0) is 60.7 Å². The van der Waals surface area contributed by atoms with Crippen LogP contribution in [-0.4, -0.2) is 37.6 Å². The first-order chi connectivity index (χ1) is 15.2. The SMILES string of the molecule is CCOCCOC(=O)c1c2c(nc3ccccc13)/C(=C/c1ccc3c(c1)OCO3)CC2. The van der Waals surface area contributed by atoms with Crippen LogP contribution < -0.4 is 9.47 Å². The number of benzene rings is 2. The summed E-state index contributed by atoms with van der Waals surface area (Å²) in [6.07, 6.45) is 3.67. The third-order valence-corrected chi connectivity index (χ3v) is 5.55. The summed E-state index contributed by atoms with van der Waals surface area (Å²) >= 11 is 0. The van der Waals surface area contributed by atoms with Gasteiger partial charge in [0.25, 0.3) is 0 Å². The maximum Gasteiger partial charge on any atom is 0.339 e. The number of esters is 1. The summed E-state index contributed by atoms with van der Waals surface area (Å²) in [4.78, 5) is 17.9. The van der Waals surface area contributed by atoms with E-state index in [-0.39, 0.29) is 19.4 Å². The zero-order valence-corrected chi connectivity index (χ0v) is 17.3. The largest absolute Gasteiger partial charge is 0.460 e. The fourth-order valence-corrected chi connectivity index (χ4v) is 4.13. The lowest BCUT2D eigenvalue weighted by Crippen LogP contribution is -2.14. The molecule has 2 aliphatic rings. The molecule has 6 heteroatoms. The molecule has 0 unspecified atom stereocenters. The molecule has 0 saturated heterocycles. The topological polar surface area (TPSA) is 66.9 Å². The first kappa shape index (κ1) is 19.6. The van der Waals surface area contributed by atoms with Crippen LogP contribution in [0.1, 0.15) is 40.5 Å². The second-order valence-corrected chi connectivity index (χ2v) is 7.45. The van der Waals surface area contributed by atoms with Gasteiger partial charge in [-0.3, -0.25) is 0 Å². The molecule has 0 fully saturated rings. The van der Waals surface area contributed by atoms with Crippen LogP contribution in [0.3, 0.4) is 0 Å². The minimum atomic E-state index is -0.320. The standard InChI is InChI=1S/C25H23NO5/c1-2-28-11-12-29-25(27)23-18-5-3-4-6-20(18)26-24-17(8-9-19(23)24)13-16-7-10-21-22(14-16)31-15-30-21/h3-7,10,13-14H,2,8-9,11-12,15H2,1H3/b17-13+. The van der Waals surface area contributed by atoms with Crippen LogP contribution in [0.25, 0.3) is 22.6 Å². The van der Waals surface area contributed by atoms with Gasteiger partial charge < -0.3 is 18.9 Å². The van der Waals surface area contributed by atoms with Crippen LogP contribution >= 0.6 is 0 Å². The maximum absolute atomic E-state index is 13.0. The lowest BCUT2D eigenvalue weighted by atomic mass is 10.0. The summed E-state index contributed by atoms with van der Waals surface area (Å²) in [5.74, 6) is 1.19.